The van der Waals surface area contributed by atoms with E-state index in [2.05, 4.69) is 11.4 Å². The van der Waals surface area contributed by atoms with Crippen molar-refractivity contribution >= 4 is 21.4 Å². The van der Waals surface area contributed by atoms with Gasteiger partial charge in [0.2, 0.25) is 0 Å². The normalized spacial score (nSPS) is 12.9. The van der Waals surface area contributed by atoms with Crippen LogP contribution in [0, 0.1) is 5.82 Å². The molecule has 0 radical (unpaired) electrons. The van der Waals surface area contributed by atoms with Crippen LogP contribution >= 0.6 is 11.3 Å². The van der Waals surface area contributed by atoms with Crippen LogP contribution in [-0.2, 0) is 6.42 Å². The number of likely N-dealkylation sites (N-methyl/N-ethyl adjacent to an activating group) is 1. The molecule has 1 aromatic carbocycles. The highest BCUT2D eigenvalue weighted by Gasteiger charge is 2.15. The number of nitrogens with one attached hydrogen (secondary N) is 1. The quantitative estimate of drug-likeness (QED) is 0.774. The number of rotatable bonds is 4. The molecule has 0 saturated carbocycles. The maximum Gasteiger partial charge on any atom is 0.124 e. The lowest BCUT2D eigenvalue weighted by atomic mass is 10.1. The summed E-state index contributed by atoms with van der Waals surface area (Å²) in [6.07, 6.45) is 2.47. The van der Waals surface area contributed by atoms with Crippen molar-refractivity contribution in [3.8, 4) is 0 Å². The average Bonchev–Trinajstić information content (AvgIpc) is 3.03. The Kier molecular flexibility index (Phi) is 3.36. The second kappa shape index (κ2) is 5.15. The van der Waals surface area contributed by atoms with Crippen LogP contribution in [0.3, 0.4) is 0 Å². The molecule has 2 heterocycles. The smallest absolute Gasteiger partial charge is 0.124 e. The topological polar surface area (TPSA) is 25.2 Å². The first-order valence-corrected chi connectivity index (χ1v) is 6.96. The second-order valence-corrected chi connectivity index (χ2v) is 5.57. The first kappa shape index (κ1) is 12.4. The summed E-state index contributed by atoms with van der Waals surface area (Å²) in [5.74, 6) is 0.760. The van der Waals surface area contributed by atoms with Crippen molar-refractivity contribution in [3.05, 3.63) is 59.1 Å². The summed E-state index contributed by atoms with van der Waals surface area (Å²) in [4.78, 5) is 1.19. The molecule has 2 nitrogen and oxygen atoms in total. The lowest BCUT2D eigenvalue weighted by molar-refractivity contribution is 0.469. The van der Waals surface area contributed by atoms with Gasteiger partial charge in [-0.05, 0) is 42.8 Å². The Bertz CT molecular complexity index is 675. The zero-order chi connectivity index (χ0) is 13.2. The van der Waals surface area contributed by atoms with Crippen LogP contribution in [0.25, 0.3) is 10.1 Å². The molecule has 1 atom stereocenters. The molecule has 0 spiro atoms. The predicted octanol–water partition coefficient (Wildman–Crippen LogP) is 4.14. The first-order valence-electron chi connectivity index (χ1n) is 6.15. The van der Waals surface area contributed by atoms with Gasteiger partial charge in [-0.1, -0.05) is 6.07 Å². The number of hydrogen-bond donors (Lipinski definition) is 1. The summed E-state index contributed by atoms with van der Waals surface area (Å²) in [5, 5.41) is 4.37. The van der Waals surface area contributed by atoms with Gasteiger partial charge >= 0.3 is 0 Å². The molecule has 3 rings (SSSR count). The van der Waals surface area contributed by atoms with Crippen molar-refractivity contribution in [2.24, 2.45) is 0 Å². The predicted molar refractivity (Wildman–Crippen MR) is 76.0 cm³/mol. The van der Waals surface area contributed by atoms with E-state index >= 15 is 0 Å². The number of furan rings is 1. The van der Waals surface area contributed by atoms with Crippen molar-refractivity contribution in [2.45, 2.75) is 12.5 Å². The number of benzene rings is 1. The number of hydrogen-bond acceptors (Lipinski definition) is 3. The molecule has 0 bridgehead atoms. The van der Waals surface area contributed by atoms with Crippen LogP contribution in [0.2, 0.25) is 0 Å². The van der Waals surface area contributed by atoms with Crippen molar-refractivity contribution in [1.29, 1.82) is 0 Å². The van der Waals surface area contributed by atoms with E-state index in [4.69, 9.17) is 4.42 Å². The average molecular weight is 275 g/mol. The molecule has 98 valence electrons. The fraction of sp³-hybridized carbons (Fsp3) is 0.200. The first-order chi connectivity index (χ1) is 9.26. The third-order valence-corrected chi connectivity index (χ3v) is 4.39. The van der Waals surface area contributed by atoms with Gasteiger partial charge in [0.15, 0.2) is 0 Å². The van der Waals surface area contributed by atoms with E-state index in [1.54, 1.807) is 23.7 Å². The van der Waals surface area contributed by atoms with Crippen molar-refractivity contribution < 1.29 is 8.81 Å². The Balaban J connectivity index is 1.92. The number of fused-ring (bicyclic) bond motifs is 1. The molecule has 3 aromatic rings. The minimum atomic E-state index is -0.187. The minimum Gasteiger partial charge on any atom is -0.469 e. The lowest BCUT2D eigenvalue weighted by Gasteiger charge is -2.12. The van der Waals surface area contributed by atoms with Crippen molar-refractivity contribution in [3.63, 3.8) is 0 Å². The van der Waals surface area contributed by atoms with Crippen LogP contribution < -0.4 is 5.32 Å². The molecule has 1 N–H and O–H groups in total. The Morgan fingerprint density at radius 2 is 2.21 bits per heavy atom. The second-order valence-electron chi connectivity index (χ2n) is 4.46. The molecular formula is C15H14FNOS. The standard InChI is InChI=1S/C15H14FNOS/c1-17-13(9-12-3-2-6-18-12)15-7-10-4-5-11(16)8-14(10)19-15/h2-8,13,17H,9H2,1H3. The van der Waals surface area contributed by atoms with E-state index < -0.39 is 0 Å². The van der Waals surface area contributed by atoms with Crippen LogP contribution in [0.5, 0.6) is 0 Å². The maximum atomic E-state index is 13.2. The fourth-order valence-corrected chi connectivity index (χ4v) is 3.37. The van der Waals surface area contributed by atoms with E-state index in [-0.39, 0.29) is 11.9 Å². The van der Waals surface area contributed by atoms with Gasteiger partial charge in [-0.3, -0.25) is 0 Å². The third-order valence-electron chi connectivity index (χ3n) is 3.18. The van der Waals surface area contributed by atoms with Crippen molar-refractivity contribution in [1.82, 2.24) is 5.32 Å². The Hall–Kier alpha value is -1.65. The molecular weight excluding hydrogens is 261 g/mol. The van der Waals surface area contributed by atoms with Gasteiger partial charge in [-0.15, -0.1) is 11.3 Å². The summed E-state index contributed by atoms with van der Waals surface area (Å²) in [6, 6.07) is 11.1. The van der Waals surface area contributed by atoms with Crippen LogP contribution in [0.15, 0.2) is 47.1 Å². The van der Waals surface area contributed by atoms with E-state index in [0.29, 0.717) is 0 Å². The molecule has 2 aromatic heterocycles. The van der Waals surface area contributed by atoms with Gasteiger partial charge in [-0.2, -0.15) is 0 Å². The summed E-state index contributed by atoms with van der Waals surface area (Å²) in [7, 11) is 1.93. The zero-order valence-corrected chi connectivity index (χ0v) is 11.3. The maximum absolute atomic E-state index is 13.2. The Labute approximate surface area is 114 Å². The van der Waals surface area contributed by atoms with Gasteiger partial charge in [-0.25, -0.2) is 4.39 Å². The van der Waals surface area contributed by atoms with E-state index in [0.717, 1.165) is 22.3 Å². The van der Waals surface area contributed by atoms with E-state index in [9.17, 15) is 4.39 Å². The van der Waals surface area contributed by atoms with Crippen LogP contribution in [0.1, 0.15) is 16.7 Å². The van der Waals surface area contributed by atoms with Gasteiger partial charge in [0.25, 0.3) is 0 Å². The van der Waals surface area contributed by atoms with E-state index in [1.807, 2.05) is 25.2 Å². The van der Waals surface area contributed by atoms with Gasteiger partial charge < -0.3 is 9.73 Å². The highest BCUT2D eigenvalue weighted by molar-refractivity contribution is 7.19. The highest BCUT2D eigenvalue weighted by Crippen LogP contribution is 2.31. The molecule has 0 amide bonds. The molecule has 1 unspecified atom stereocenters. The molecule has 19 heavy (non-hydrogen) atoms. The minimum absolute atomic E-state index is 0.187. The summed E-state index contributed by atoms with van der Waals surface area (Å²) < 4.78 is 19.6. The molecule has 0 aliphatic rings. The fourth-order valence-electron chi connectivity index (χ4n) is 2.17. The largest absolute Gasteiger partial charge is 0.469 e. The SMILES string of the molecule is CNC(Cc1ccco1)c1cc2ccc(F)cc2s1. The lowest BCUT2D eigenvalue weighted by Crippen LogP contribution is -2.17. The zero-order valence-electron chi connectivity index (χ0n) is 10.5. The molecule has 4 heteroatoms. The Morgan fingerprint density at radius 1 is 1.32 bits per heavy atom. The van der Waals surface area contributed by atoms with Crippen molar-refractivity contribution in [2.75, 3.05) is 7.05 Å². The Morgan fingerprint density at radius 3 is 2.95 bits per heavy atom. The molecule has 0 fully saturated rings. The summed E-state index contributed by atoms with van der Waals surface area (Å²) in [6.45, 7) is 0. The molecule has 0 aliphatic carbocycles. The van der Waals surface area contributed by atoms with Gasteiger partial charge in [0, 0.05) is 22.0 Å². The summed E-state index contributed by atoms with van der Waals surface area (Å²) >= 11 is 1.62. The van der Waals surface area contributed by atoms with E-state index in [1.165, 1.54) is 10.9 Å². The number of halogens is 1. The van der Waals surface area contributed by atoms with Gasteiger partial charge in [0.1, 0.15) is 11.6 Å². The highest BCUT2D eigenvalue weighted by atomic mass is 32.1. The molecule has 0 saturated heterocycles. The van der Waals surface area contributed by atoms with Gasteiger partial charge in [0.05, 0.1) is 6.26 Å². The third kappa shape index (κ3) is 2.55. The summed E-state index contributed by atoms with van der Waals surface area (Å²) in [5.41, 5.74) is 0. The monoisotopic (exact) mass is 275 g/mol. The molecule has 0 aliphatic heterocycles. The van der Waals surface area contributed by atoms with Crippen LogP contribution in [0.4, 0.5) is 4.39 Å². The number of thiophene rings is 1. The van der Waals surface area contributed by atoms with Crippen LogP contribution in [-0.4, -0.2) is 7.05 Å².